The van der Waals surface area contributed by atoms with Crippen molar-refractivity contribution in [3.63, 3.8) is 0 Å². The zero-order chi connectivity index (χ0) is 22.9. The Morgan fingerprint density at radius 3 is 2.44 bits per heavy atom. The molecule has 1 N–H and O–H groups in total. The first-order chi connectivity index (χ1) is 15.5. The lowest BCUT2D eigenvalue weighted by molar-refractivity contribution is -0.143. The summed E-state index contributed by atoms with van der Waals surface area (Å²) in [5.74, 6) is 0.351. The van der Waals surface area contributed by atoms with Crippen LogP contribution in [0.2, 0.25) is 0 Å². The molecule has 0 heterocycles. The van der Waals surface area contributed by atoms with E-state index in [1.165, 1.54) is 5.56 Å². The van der Waals surface area contributed by atoms with Crippen molar-refractivity contribution in [1.82, 2.24) is 10.2 Å². The molecule has 5 nitrogen and oxygen atoms in total. The Kier molecular flexibility index (Phi) is 9.15. The molecule has 1 aliphatic carbocycles. The van der Waals surface area contributed by atoms with Gasteiger partial charge in [0, 0.05) is 12.6 Å². The van der Waals surface area contributed by atoms with Gasteiger partial charge < -0.3 is 15.0 Å². The van der Waals surface area contributed by atoms with E-state index in [0.717, 1.165) is 42.1 Å². The van der Waals surface area contributed by atoms with Gasteiger partial charge in [0.05, 0.1) is 4.47 Å². The first kappa shape index (κ1) is 24.3. The SMILES string of the molecule is CCc1ccc(OCC(=O)N(Cc2ccccc2)C(CC)C(=O)NC2CCCC2)c(Br)c1. The van der Waals surface area contributed by atoms with Gasteiger partial charge in [0.25, 0.3) is 5.91 Å². The molecule has 0 saturated heterocycles. The first-order valence-electron chi connectivity index (χ1n) is 11.6. The molecule has 6 heteroatoms. The maximum Gasteiger partial charge on any atom is 0.261 e. The second-order valence-corrected chi connectivity index (χ2v) is 9.18. The van der Waals surface area contributed by atoms with Gasteiger partial charge in [-0.25, -0.2) is 0 Å². The van der Waals surface area contributed by atoms with Crippen LogP contribution in [0.3, 0.4) is 0 Å². The summed E-state index contributed by atoms with van der Waals surface area (Å²) in [7, 11) is 0. The van der Waals surface area contributed by atoms with E-state index in [0.29, 0.717) is 18.7 Å². The quantitative estimate of drug-likeness (QED) is 0.484. The highest BCUT2D eigenvalue weighted by atomic mass is 79.9. The van der Waals surface area contributed by atoms with Gasteiger partial charge in [-0.05, 0) is 64.9 Å². The van der Waals surface area contributed by atoms with Crippen LogP contribution in [0, 0.1) is 0 Å². The zero-order valence-electron chi connectivity index (χ0n) is 19.0. The molecule has 2 aromatic rings. The molecule has 0 aliphatic heterocycles. The fraction of sp³-hybridized carbons (Fsp3) is 0.462. The van der Waals surface area contributed by atoms with Gasteiger partial charge in [-0.2, -0.15) is 0 Å². The third-order valence-corrected chi connectivity index (χ3v) is 6.66. The Morgan fingerprint density at radius 2 is 1.81 bits per heavy atom. The maximum absolute atomic E-state index is 13.3. The van der Waals surface area contributed by atoms with Crippen LogP contribution in [0.15, 0.2) is 53.0 Å². The summed E-state index contributed by atoms with van der Waals surface area (Å²) < 4.78 is 6.68. The van der Waals surface area contributed by atoms with Crippen molar-refractivity contribution in [2.45, 2.75) is 71.0 Å². The number of nitrogens with one attached hydrogen (secondary N) is 1. The van der Waals surface area contributed by atoms with Crippen LogP contribution < -0.4 is 10.1 Å². The molecule has 1 saturated carbocycles. The number of carbonyl (C=O) groups excluding carboxylic acids is 2. The largest absolute Gasteiger partial charge is 0.483 e. The van der Waals surface area contributed by atoms with Crippen molar-refractivity contribution in [2.24, 2.45) is 0 Å². The average Bonchev–Trinajstić information content (AvgIpc) is 3.31. The van der Waals surface area contributed by atoms with E-state index < -0.39 is 6.04 Å². The second kappa shape index (κ2) is 12.0. The number of ether oxygens (including phenoxy) is 1. The predicted molar refractivity (Wildman–Crippen MR) is 130 cm³/mol. The number of amides is 2. The van der Waals surface area contributed by atoms with Gasteiger partial charge in [-0.3, -0.25) is 9.59 Å². The molecule has 0 spiro atoms. The molecule has 1 unspecified atom stereocenters. The Labute approximate surface area is 199 Å². The Balaban J connectivity index is 1.74. The number of hydrogen-bond donors (Lipinski definition) is 1. The lowest BCUT2D eigenvalue weighted by atomic mass is 10.1. The Bertz CT molecular complexity index is 897. The normalized spacial score (nSPS) is 14.7. The summed E-state index contributed by atoms with van der Waals surface area (Å²) >= 11 is 3.53. The fourth-order valence-corrected chi connectivity index (χ4v) is 4.71. The van der Waals surface area contributed by atoms with E-state index in [2.05, 4.69) is 28.2 Å². The first-order valence-corrected chi connectivity index (χ1v) is 12.4. The molecule has 1 aliphatic rings. The van der Waals surface area contributed by atoms with Crippen molar-refractivity contribution in [3.05, 3.63) is 64.1 Å². The molecular weight excluding hydrogens is 468 g/mol. The number of halogens is 1. The van der Waals surface area contributed by atoms with Gasteiger partial charge in [-0.15, -0.1) is 0 Å². The smallest absolute Gasteiger partial charge is 0.261 e. The molecule has 0 bridgehead atoms. The van der Waals surface area contributed by atoms with Crippen molar-refractivity contribution >= 4 is 27.7 Å². The third-order valence-electron chi connectivity index (χ3n) is 6.04. The topological polar surface area (TPSA) is 58.6 Å². The predicted octanol–water partition coefficient (Wildman–Crippen LogP) is 5.26. The maximum atomic E-state index is 13.3. The molecule has 0 radical (unpaired) electrons. The summed E-state index contributed by atoms with van der Waals surface area (Å²) in [5, 5.41) is 3.17. The van der Waals surface area contributed by atoms with Gasteiger partial charge in [0.2, 0.25) is 5.91 Å². The van der Waals surface area contributed by atoms with Gasteiger partial charge in [0.1, 0.15) is 11.8 Å². The standard InChI is InChI=1S/C26H33BrN2O3/c1-3-19-14-15-24(22(27)16-19)32-18-25(30)29(17-20-10-6-5-7-11-20)23(4-2)26(31)28-21-12-8-9-13-21/h5-7,10-11,14-16,21,23H,3-4,8-9,12-13,17-18H2,1-2H3,(H,28,31). The molecular formula is C26H33BrN2O3. The van der Waals surface area contributed by atoms with Crippen LogP contribution in [-0.2, 0) is 22.6 Å². The monoisotopic (exact) mass is 500 g/mol. The minimum Gasteiger partial charge on any atom is -0.483 e. The highest BCUT2D eigenvalue weighted by Crippen LogP contribution is 2.26. The number of benzene rings is 2. The minimum atomic E-state index is -0.530. The molecule has 1 atom stereocenters. The molecule has 172 valence electrons. The van der Waals surface area contributed by atoms with E-state index in [4.69, 9.17) is 4.74 Å². The molecule has 32 heavy (non-hydrogen) atoms. The Hall–Kier alpha value is -2.34. The number of hydrogen-bond acceptors (Lipinski definition) is 3. The van der Waals surface area contributed by atoms with E-state index in [-0.39, 0.29) is 24.5 Å². The van der Waals surface area contributed by atoms with Crippen LogP contribution in [0.4, 0.5) is 0 Å². The van der Waals surface area contributed by atoms with Crippen molar-refractivity contribution in [1.29, 1.82) is 0 Å². The van der Waals surface area contributed by atoms with E-state index in [9.17, 15) is 9.59 Å². The summed E-state index contributed by atoms with van der Waals surface area (Å²) in [4.78, 5) is 28.1. The summed E-state index contributed by atoms with van der Waals surface area (Å²) in [5.41, 5.74) is 2.18. The molecule has 0 aromatic heterocycles. The van der Waals surface area contributed by atoms with Crippen LogP contribution in [0.5, 0.6) is 5.75 Å². The number of aryl methyl sites for hydroxylation is 1. The molecule has 2 amide bonds. The lowest BCUT2D eigenvalue weighted by Gasteiger charge is -2.31. The van der Waals surface area contributed by atoms with Crippen molar-refractivity contribution in [2.75, 3.05) is 6.61 Å². The molecule has 2 aromatic carbocycles. The highest BCUT2D eigenvalue weighted by Gasteiger charge is 2.30. The summed E-state index contributed by atoms with van der Waals surface area (Å²) in [6, 6.07) is 15.4. The fourth-order valence-electron chi connectivity index (χ4n) is 4.17. The Morgan fingerprint density at radius 1 is 1.09 bits per heavy atom. The van der Waals surface area contributed by atoms with Gasteiger partial charge in [-0.1, -0.05) is 63.1 Å². The van der Waals surface area contributed by atoms with E-state index in [1.807, 2.05) is 55.5 Å². The van der Waals surface area contributed by atoms with Crippen LogP contribution in [-0.4, -0.2) is 35.4 Å². The summed E-state index contributed by atoms with van der Waals surface area (Å²) in [6.45, 7) is 4.29. The number of rotatable bonds is 10. The van der Waals surface area contributed by atoms with Crippen LogP contribution >= 0.6 is 15.9 Å². The minimum absolute atomic E-state index is 0.0721. The lowest BCUT2D eigenvalue weighted by Crippen LogP contribution is -2.52. The molecule has 3 rings (SSSR count). The molecule has 1 fully saturated rings. The number of carbonyl (C=O) groups is 2. The second-order valence-electron chi connectivity index (χ2n) is 8.33. The van der Waals surface area contributed by atoms with Gasteiger partial charge >= 0.3 is 0 Å². The zero-order valence-corrected chi connectivity index (χ0v) is 20.6. The average molecular weight is 501 g/mol. The number of nitrogens with zero attached hydrogens (tertiary/aromatic N) is 1. The van der Waals surface area contributed by atoms with Crippen molar-refractivity contribution in [3.8, 4) is 5.75 Å². The third kappa shape index (κ3) is 6.58. The van der Waals surface area contributed by atoms with E-state index >= 15 is 0 Å². The van der Waals surface area contributed by atoms with Gasteiger partial charge in [0.15, 0.2) is 6.61 Å². The summed E-state index contributed by atoms with van der Waals surface area (Å²) in [6.07, 6.45) is 5.80. The highest BCUT2D eigenvalue weighted by molar-refractivity contribution is 9.10. The van der Waals surface area contributed by atoms with Crippen LogP contribution in [0.1, 0.15) is 57.1 Å². The van der Waals surface area contributed by atoms with Crippen molar-refractivity contribution < 1.29 is 14.3 Å². The van der Waals surface area contributed by atoms with E-state index in [1.54, 1.807) is 4.90 Å². The van der Waals surface area contributed by atoms with Crippen LogP contribution in [0.25, 0.3) is 0 Å².